The summed E-state index contributed by atoms with van der Waals surface area (Å²) in [6.45, 7) is 1.67. The first-order valence-corrected chi connectivity index (χ1v) is 8.31. The number of aromatic nitrogens is 1. The highest BCUT2D eigenvalue weighted by molar-refractivity contribution is 7.14. The lowest BCUT2D eigenvalue weighted by Crippen LogP contribution is -2.16. The number of carbonyl (C=O) groups is 2. The second-order valence-electron chi connectivity index (χ2n) is 5.21. The van der Waals surface area contributed by atoms with Crippen molar-refractivity contribution in [1.82, 2.24) is 4.98 Å². The number of thiophene rings is 1. The van der Waals surface area contributed by atoms with Crippen molar-refractivity contribution < 1.29 is 14.3 Å². The van der Waals surface area contributed by atoms with Gasteiger partial charge in [-0.05, 0) is 24.6 Å². The molecule has 1 aromatic carbocycles. The van der Waals surface area contributed by atoms with Gasteiger partial charge in [-0.2, -0.15) is 0 Å². The predicted molar refractivity (Wildman–Crippen MR) is 92.9 cm³/mol. The molecule has 0 atom stereocenters. The van der Waals surface area contributed by atoms with Gasteiger partial charge in [-0.3, -0.25) is 9.59 Å². The molecule has 0 fully saturated rings. The summed E-state index contributed by atoms with van der Waals surface area (Å²) in [5.74, 6) is -0.930. The first-order chi connectivity index (χ1) is 11.6. The first kappa shape index (κ1) is 16.1. The van der Waals surface area contributed by atoms with Crippen LogP contribution in [0.3, 0.4) is 0 Å². The highest BCUT2D eigenvalue weighted by Gasteiger charge is 2.16. The van der Waals surface area contributed by atoms with E-state index in [4.69, 9.17) is 4.74 Å². The fraction of sp³-hybridized carbons (Fsp3) is 0.167. The number of para-hydroxylation sites is 1. The molecule has 0 bridgehead atoms. The topological polar surface area (TPSA) is 76.2 Å². The summed E-state index contributed by atoms with van der Waals surface area (Å²) in [6.07, 6.45) is 0.858. The molecule has 0 radical (unpaired) electrons. The fourth-order valence-electron chi connectivity index (χ4n) is 2.37. The van der Waals surface area contributed by atoms with Gasteiger partial charge in [0.15, 0.2) is 6.61 Å². The Balaban J connectivity index is 1.78. The van der Waals surface area contributed by atoms with E-state index in [9.17, 15) is 14.4 Å². The number of Topliss-reactive ketones (excluding diaryl/α,β-unsaturated/α-hetero) is 1. The number of esters is 1. The maximum Gasteiger partial charge on any atom is 0.339 e. The van der Waals surface area contributed by atoms with Gasteiger partial charge >= 0.3 is 5.97 Å². The van der Waals surface area contributed by atoms with Gasteiger partial charge in [-0.25, -0.2) is 4.79 Å². The van der Waals surface area contributed by atoms with Crippen LogP contribution < -0.4 is 5.56 Å². The van der Waals surface area contributed by atoms with E-state index in [-0.39, 0.29) is 18.0 Å². The molecule has 2 heterocycles. The molecule has 3 rings (SSSR count). The molecule has 3 aromatic rings. The Morgan fingerprint density at radius 2 is 1.96 bits per heavy atom. The molecule has 0 aliphatic rings. The second-order valence-corrected chi connectivity index (χ2v) is 6.38. The molecule has 5 nitrogen and oxygen atoms in total. The number of aryl methyl sites for hydroxylation is 1. The Hall–Kier alpha value is -2.73. The zero-order valence-corrected chi connectivity index (χ0v) is 13.8. The molecule has 0 saturated carbocycles. The average molecular weight is 341 g/mol. The van der Waals surface area contributed by atoms with Crippen molar-refractivity contribution in [2.24, 2.45) is 0 Å². The summed E-state index contributed by atoms with van der Waals surface area (Å²) in [6, 6.07) is 11.8. The normalized spacial score (nSPS) is 10.7. The number of pyridine rings is 1. The van der Waals surface area contributed by atoms with E-state index < -0.39 is 11.5 Å². The summed E-state index contributed by atoms with van der Waals surface area (Å²) in [7, 11) is 0. The molecule has 2 aromatic heterocycles. The Bertz CT molecular complexity index is 970. The largest absolute Gasteiger partial charge is 0.454 e. The highest BCUT2D eigenvalue weighted by Crippen LogP contribution is 2.19. The van der Waals surface area contributed by atoms with E-state index in [0.717, 1.165) is 11.3 Å². The van der Waals surface area contributed by atoms with E-state index in [1.54, 1.807) is 30.3 Å². The third-order valence-electron chi connectivity index (χ3n) is 3.59. The van der Waals surface area contributed by atoms with Crippen molar-refractivity contribution in [2.75, 3.05) is 6.61 Å². The number of hydrogen-bond acceptors (Lipinski definition) is 5. The first-order valence-electron chi connectivity index (χ1n) is 7.49. The summed E-state index contributed by atoms with van der Waals surface area (Å²) < 4.78 is 5.12. The van der Waals surface area contributed by atoms with Gasteiger partial charge in [-0.15, -0.1) is 11.3 Å². The zero-order valence-electron chi connectivity index (χ0n) is 13.0. The number of fused-ring (bicyclic) bond motifs is 1. The quantitative estimate of drug-likeness (QED) is 0.571. The number of benzene rings is 1. The van der Waals surface area contributed by atoms with Crippen LogP contribution in [0.15, 0.2) is 47.3 Å². The van der Waals surface area contributed by atoms with Gasteiger partial charge in [0.2, 0.25) is 11.3 Å². The molecular formula is C18H15NO4S. The molecular weight excluding hydrogens is 326 g/mol. The van der Waals surface area contributed by atoms with Crippen LogP contribution >= 0.6 is 11.3 Å². The molecule has 0 saturated heterocycles. The van der Waals surface area contributed by atoms with E-state index in [2.05, 4.69) is 4.98 Å². The molecule has 0 spiro atoms. The molecule has 122 valence electrons. The number of hydrogen-bond donors (Lipinski definition) is 1. The van der Waals surface area contributed by atoms with Crippen LogP contribution in [0.2, 0.25) is 0 Å². The third kappa shape index (κ3) is 3.28. The van der Waals surface area contributed by atoms with E-state index in [0.29, 0.717) is 15.8 Å². The Morgan fingerprint density at radius 1 is 1.17 bits per heavy atom. The summed E-state index contributed by atoms with van der Waals surface area (Å²) >= 11 is 1.40. The van der Waals surface area contributed by atoms with Crippen molar-refractivity contribution in [3.63, 3.8) is 0 Å². The minimum absolute atomic E-state index is 0.155. The summed E-state index contributed by atoms with van der Waals surface area (Å²) in [4.78, 5) is 40.4. The number of H-pyrrole nitrogens is 1. The van der Waals surface area contributed by atoms with E-state index in [1.807, 2.05) is 13.0 Å². The van der Waals surface area contributed by atoms with Crippen LogP contribution in [-0.4, -0.2) is 23.3 Å². The SMILES string of the molecule is CCc1ccc(C(=O)COC(=O)c2cc(=O)[nH]c3ccccc23)s1. The van der Waals surface area contributed by atoms with Crippen LogP contribution in [0.25, 0.3) is 10.9 Å². The van der Waals surface area contributed by atoms with Gasteiger partial charge in [0.25, 0.3) is 0 Å². The standard InChI is InChI=1S/C18H15NO4S/c1-2-11-7-8-16(24-11)15(20)10-23-18(22)13-9-17(21)19-14-6-4-3-5-12(13)14/h3-9H,2,10H2,1H3,(H,19,21). The second kappa shape index (κ2) is 6.80. The van der Waals surface area contributed by atoms with Crippen molar-refractivity contribution in [3.8, 4) is 0 Å². The Morgan fingerprint density at radius 3 is 2.71 bits per heavy atom. The van der Waals surface area contributed by atoms with Crippen LogP contribution in [0.5, 0.6) is 0 Å². The predicted octanol–water partition coefficient (Wildman–Crippen LogP) is 3.19. The summed E-state index contributed by atoms with van der Waals surface area (Å²) in [5.41, 5.74) is 0.314. The Kier molecular flexibility index (Phi) is 4.57. The summed E-state index contributed by atoms with van der Waals surface area (Å²) in [5, 5.41) is 0.582. The van der Waals surface area contributed by atoms with Gasteiger partial charge < -0.3 is 9.72 Å². The smallest absolute Gasteiger partial charge is 0.339 e. The van der Waals surface area contributed by atoms with Crippen LogP contribution in [0.1, 0.15) is 31.8 Å². The molecule has 1 N–H and O–H groups in total. The number of ketones is 1. The van der Waals surface area contributed by atoms with Crippen molar-refractivity contribution in [2.45, 2.75) is 13.3 Å². The zero-order chi connectivity index (χ0) is 17.1. The Labute approximate surface area is 141 Å². The highest BCUT2D eigenvalue weighted by atomic mass is 32.1. The number of ether oxygens (including phenoxy) is 1. The third-order valence-corrected chi connectivity index (χ3v) is 4.86. The number of carbonyl (C=O) groups excluding carboxylic acids is 2. The monoisotopic (exact) mass is 341 g/mol. The van der Waals surface area contributed by atoms with Crippen molar-refractivity contribution in [1.29, 1.82) is 0 Å². The number of rotatable bonds is 5. The maximum absolute atomic E-state index is 12.3. The lowest BCUT2D eigenvalue weighted by molar-refractivity contribution is 0.0477. The van der Waals surface area contributed by atoms with Crippen molar-refractivity contribution >= 4 is 34.0 Å². The van der Waals surface area contributed by atoms with Gasteiger partial charge in [-0.1, -0.05) is 25.1 Å². The van der Waals surface area contributed by atoms with Crippen LogP contribution in [0.4, 0.5) is 0 Å². The minimum Gasteiger partial charge on any atom is -0.454 e. The fourth-order valence-corrected chi connectivity index (χ4v) is 3.24. The molecule has 6 heteroatoms. The number of nitrogens with one attached hydrogen (secondary N) is 1. The van der Waals surface area contributed by atoms with Gasteiger partial charge in [0.05, 0.1) is 10.4 Å². The van der Waals surface area contributed by atoms with Crippen molar-refractivity contribution in [3.05, 3.63) is 68.1 Å². The lowest BCUT2D eigenvalue weighted by atomic mass is 10.1. The van der Waals surface area contributed by atoms with Crippen LogP contribution in [-0.2, 0) is 11.2 Å². The molecule has 24 heavy (non-hydrogen) atoms. The minimum atomic E-state index is -0.682. The van der Waals surface area contributed by atoms with Crippen LogP contribution in [0, 0.1) is 0 Å². The molecule has 0 aliphatic carbocycles. The average Bonchev–Trinajstić information content (AvgIpc) is 3.07. The molecule has 0 aliphatic heterocycles. The molecule has 0 unspecified atom stereocenters. The maximum atomic E-state index is 12.3. The van der Waals surface area contributed by atoms with Gasteiger partial charge in [0.1, 0.15) is 0 Å². The molecule has 0 amide bonds. The number of aromatic amines is 1. The van der Waals surface area contributed by atoms with Gasteiger partial charge in [0, 0.05) is 21.8 Å². The van der Waals surface area contributed by atoms with E-state index in [1.165, 1.54) is 17.4 Å². The van der Waals surface area contributed by atoms with E-state index >= 15 is 0 Å². The lowest BCUT2D eigenvalue weighted by Gasteiger charge is -2.06.